The van der Waals surface area contributed by atoms with Gasteiger partial charge in [0.15, 0.2) is 6.04 Å². The Labute approximate surface area is 212 Å². The van der Waals surface area contributed by atoms with Gasteiger partial charge in [0.2, 0.25) is 10.0 Å². The summed E-state index contributed by atoms with van der Waals surface area (Å²) in [4.78, 5) is 16.7. The molecule has 0 aromatic heterocycles. The van der Waals surface area contributed by atoms with E-state index in [9.17, 15) is 13.2 Å². The molecular formula is C27H29ClN2O4S. The number of halogens is 1. The van der Waals surface area contributed by atoms with Gasteiger partial charge in [0, 0.05) is 11.1 Å². The SMILES string of the molecule is COC(=O)[C@@H](N=C(c1ccccc1)c1ccccc1)[C@H](NS(=O)(=O)c1ccc(C)cc1)C(C)(C)Cl. The molecule has 0 spiro atoms. The molecule has 0 fully saturated rings. The van der Waals surface area contributed by atoms with E-state index in [1.807, 2.05) is 67.6 Å². The maximum atomic E-state index is 13.3. The molecular weight excluding hydrogens is 484 g/mol. The Morgan fingerprint density at radius 1 is 0.914 bits per heavy atom. The molecule has 0 saturated heterocycles. The summed E-state index contributed by atoms with van der Waals surface area (Å²) < 4.78 is 34.2. The van der Waals surface area contributed by atoms with Crippen LogP contribution in [0, 0.1) is 6.92 Å². The molecule has 3 rings (SSSR count). The fourth-order valence-electron chi connectivity index (χ4n) is 3.56. The molecule has 35 heavy (non-hydrogen) atoms. The first-order valence-corrected chi connectivity index (χ1v) is 12.9. The van der Waals surface area contributed by atoms with Gasteiger partial charge in [-0.05, 0) is 32.9 Å². The van der Waals surface area contributed by atoms with Crippen molar-refractivity contribution in [3.63, 3.8) is 0 Å². The van der Waals surface area contributed by atoms with Crippen LogP contribution in [0.2, 0.25) is 0 Å². The van der Waals surface area contributed by atoms with E-state index in [-0.39, 0.29) is 4.90 Å². The number of carbonyl (C=O) groups is 1. The fraction of sp³-hybridized carbons (Fsp3) is 0.259. The Kier molecular flexibility index (Phi) is 8.48. The molecule has 6 nitrogen and oxygen atoms in total. The molecule has 184 valence electrons. The average molecular weight is 513 g/mol. The van der Waals surface area contributed by atoms with E-state index in [2.05, 4.69) is 4.72 Å². The second-order valence-electron chi connectivity index (χ2n) is 8.65. The molecule has 0 heterocycles. The zero-order chi connectivity index (χ0) is 25.6. The highest BCUT2D eigenvalue weighted by Gasteiger charge is 2.42. The van der Waals surface area contributed by atoms with Gasteiger partial charge in [0.05, 0.1) is 28.6 Å². The molecule has 2 atom stereocenters. The first-order valence-electron chi connectivity index (χ1n) is 11.1. The molecule has 0 saturated carbocycles. The molecule has 0 radical (unpaired) electrons. The molecule has 0 aliphatic rings. The normalized spacial score (nSPS) is 13.5. The first kappa shape index (κ1) is 26.6. The zero-order valence-electron chi connectivity index (χ0n) is 20.1. The number of carbonyl (C=O) groups excluding carboxylic acids is 1. The summed E-state index contributed by atoms with van der Waals surface area (Å²) in [5.41, 5.74) is 2.97. The fourth-order valence-corrected chi connectivity index (χ4v) is 5.19. The van der Waals surface area contributed by atoms with Crippen LogP contribution in [-0.2, 0) is 19.6 Å². The smallest absolute Gasteiger partial charge is 0.332 e. The Morgan fingerprint density at radius 2 is 1.40 bits per heavy atom. The summed E-state index contributed by atoms with van der Waals surface area (Å²) >= 11 is 6.69. The van der Waals surface area contributed by atoms with Gasteiger partial charge in [0.25, 0.3) is 0 Å². The van der Waals surface area contributed by atoms with Crippen molar-refractivity contribution < 1.29 is 17.9 Å². The van der Waals surface area contributed by atoms with Crippen molar-refractivity contribution in [3.8, 4) is 0 Å². The van der Waals surface area contributed by atoms with Gasteiger partial charge in [-0.3, -0.25) is 4.99 Å². The molecule has 8 heteroatoms. The highest BCUT2D eigenvalue weighted by Crippen LogP contribution is 2.27. The first-order chi connectivity index (χ1) is 16.5. The number of methoxy groups -OCH3 is 1. The predicted octanol–water partition coefficient (Wildman–Crippen LogP) is 4.74. The number of ether oxygens (including phenoxy) is 1. The van der Waals surface area contributed by atoms with Crippen molar-refractivity contribution in [2.45, 2.75) is 42.6 Å². The van der Waals surface area contributed by atoms with Crippen molar-refractivity contribution in [1.82, 2.24) is 4.72 Å². The van der Waals surface area contributed by atoms with E-state index < -0.39 is 33.0 Å². The lowest BCUT2D eigenvalue weighted by Crippen LogP contribution is -2.55. The maximum absolute atomic E-state index is 13.3. The number of benzene rings is 3. The minimum atomic E-state index is -4.02. The van der Waals surface area contributed by atoms with E-state index in [4.69, 9.17) is 21.3 Å². The van der Waals surface area contributed by atoms with E-state index in [0.29, 0.717) is 5.71 Å². The van der Waals surface area contributed by atoms with Crippen LogP contribution in [0.25, 0.3) is 0 Å². The van der Waals surface area contributed by atoms with Crippen molar-refractivity contribution in [3.05, 3.63) is 102 Å². The summed E-state index contributed by atoms with van der Waals surface area (Å²) in [5.74, 6) is -0.709. The number of rotatable bonds is 9. The van der Waals surface area contributed by atoms with Crippen molar-refractivity contribution >= 4 is 33.3 Å². The number of hydrogen-bond acceptors (Lipinski definition) is 5. The summed E-state index contributed by atoms with van der Waals surface area (Å²) in [6, 6.07) is 22.7. The predicted molar refractivity (Wildman–Crippen MR) is 140 cm³/mol. The zero-order valence-corrected chi connectivity index (χ0v) is 21.7. The lowest BCUT2D eigenvalue weighted by molar-refractivity contribution is -0.142. The highest BCUT2D eigenvalue weighted by atomic mass is 35.5. The lowest BCUT2D eigenvalue weighted by Gasteiger charge is -2.33. The van der Waals surface area contributed by atoms with Crippen molar-refractivity contribution in [2.75, 3.05) is 7.11 Å². The summed E-state index contributed by atoms with van der Waals surface area (Å²) in [6.45, 7) is 5.13. The number of hydrogen-bond donors (Lipinski definition) is 1. The van der Waals surface area contributed by atoms with E-state index in [0.717, 1.165) is 16.7 Å². The third kappa shape index (κ3) is 6.78. The number of alkyl halides is 1. The third-order valence-corrected chi connectivity index (χ3v) is 7.17. The molecule has 0 aliphatic heterocycles. The number of esters is 1. The third-order valence-electron chi connectivity index (χ3n) is 5.47. The summed E-state index contributed by atoms with van der Waals surface area (Å²) in [6.07, 6.45) is 0. The van der Waals surface area contributed by atoms with Crippen LogP contribution in [0.3, 0.4) is 0 Å². The van der Waals surface area contributed by atoms with Gasteiger partial charge < -0.3 is 4.74 Å². The minimum Gasteiger partial charge on any atom is -0.467 e. The molecule has 3 aromatic rings. The van der Waals surface area contributed by atoms with E-state index >= 15 is 0 Å². The van der Waals surface area contributed by atoms with Crippen LogP contribution in [0.1, 0.15) is 30.5 Å². The van der Waals surface area contributed by atoms with Gasteiger partial charge >= 0.3 is 5.97 Å². The van der Waals surface area contributed by atoms with Crippen LogP contribution in [0.15, 0.2) is 94.8 Å². The molecule has 0 amide bonds. The second-order valence-corrected chi connectivity index (χ2v) is 11.3. The van der Waals surface area contributed by atoms with Crippen LogP contribution >= 0.6 is 11.6 Å². The molecule has 0 aliphatic carbocycles. The Bertz CT molecular complexity index is 1230. The number of nitrogens with zero attached hydrogens (tertiary/aromatic N) is 1. The van der Waals surface area contributed by atoms with Gasteiger partial charge in [0.1, 0.15) is 0 Å². The average Bonchev–Trinajstić information content (AvgIpc) is 2.84. The van der Waals surface area contributed by atoms with E-state index in [1.54, 1.807) is 26.0 Å². The standard InChI is InChI=1S/C27H29ClN2O4S/c1-19-15-17-22(18-16-19)35(32,33)30-25(27(2,3)28)24(26(31)34-4)29-23(20-11-7-5-8-12-20)21-13-9-6-10-14-21/h5-18,24-25,30H,1-4H3/t24-,25-/m0/s1. The van der Waals surface area contributed by atoms with Crippen LogP contribution < -0.4 is 4.72 Å². The molecule has 0 unspecified atom stereocenters. The second kappa shape index (κ2) is 11.2. The van der Waals surface area contributed by atoms with Crippen molar-refractivity contribution in [2.24, 2.45) is 4.99 Å². The monoisotopic (exact) mass is 512 g/mol. The molecule has 3 aromatic carbocycles. The number of aryl methyl sites for hydroxylation is 1. The van der Waals surface area contributed by atoms with Crippen molar-refractivity contribution in [1.29, 1.82) is 0 Å². The van der Waals surface area contributed by atoms with Gasteiger partial charge in [-0.25, -0.2) is 17.9 Å². The van der Waals surface area contributed by atoms with Crippen LogP contribution in [-0.4, -0.2) is 44.2 Å². The molecule has 1 N–H and O–H groups in total. The van der Waals surface area contributed by atoms with Gasteiger partial charge in [-0.1, -0.05) is 78.4 Å². The number of nitrogens with one attached hydrogen (secondary N) is 1. The summed E-state index contributed by atoms with van der Waals surface area (Å²) in [5, 5.41) is 0. The largest absolute Gasteiger partial charge is 0.467 e. The van der Waals surface area contributed by atoms with Gasteiger partial charge in [-0.15, -0.1) is 11.6 Å². The Balaban J connectivity index is 2.16. The number of sulfonamides is 1. The Hall–Kier alpha value is -3.00. The quantitative estimate of drug-likeness (QED) is 0.255. The van der Waals surface area contributed by atoms with Crippen LogP contribution in [0.5, 0.6) is 0 Å². The van der Waals surface area contributed by atoms with Crippen LogP contribution in [0.4, 0.5) is 0 Å². The molecule has 0 bridgehead atoms. The highest BCUT2D eigenvalue weighted by molar-refractivity contribution is 7.89. The maximum Gasteiger partial charge on any atom is 0.332 e. The summed E-state index contributed by atoms with van der Waals surface area (Å²) in [7, 11) is -2.78. The lowest BCUT2D eigenvalue weighted by atomic mass is 9.95. The van der Waals surface area contributed by atoms with E-state index in [1.165, 1.54) is 19.2 Å². The number of aliphatic imine (C=N–C) groups is 1. The topological polar surface area (TPSA) is 84.8 Å². The minimum absolute atomic E-state index is 0.0629. The van der Waals surface area contributed by atoms with Gasteiger partial charge in [-0.2, -0.15) is 0 Å². The Morgan fingerprint density at radius 3 is 1.83 bits per heavy atom.